The number of anilines is 1. The molecule has 6 N–H and O–H groups in total. The van der Waals surface area contributed by atoms with Crippen molar-refractivity contribution in [3.05, 3.63) is 99.0 Å². The molecule has 0 spiro atoms. The van der Waals surface area contributed by atoms with Gasteiger partial charge in [0.15, 0.2) is 5.60 Å². The van der Waals surface area contributed by atoms with Gasteiger partial charge in [0.05, 0.1) is 51.9 Å². The second-order valence-corrected chi connectivity index (χ2v) is 18.5. The lowest BCUT2D eigenvalue weighted by atomic mass is 9.88. The number of nitrogens with zero attached hydrogens (tertiary/aromatic N) is 3. The molecule has 0 aromatic heterocycles. The molecule has 1 aliphatic heterocycles. The number of halogens is 2. The number of fused-ring (bicyclic) bond motifs is 1. The number of methoxy groups -OCH3 is 1. The van der Waals surface area contributed by atoms with Gasteiger partial charge in [0, 0.05) is 36.3 Å². The highest BCUT2D eigenvalue weighted by molar-refractivity contribution is 7.84. The average molecular weight is 956 g/mol. The second-order valence-electron chi connectivity index (χ2n) is 16.3. The number of carbonyl (C=O) groups is 5. The molecule has 348 valence electrons. The van der Waals surface area contributed by atoms with Crippen molar-refractivity contribution in [3.8, 4) is 11.8 Å². The molecular formula is C46H52Cl2N4O12S. The maximum absolute atomic E-state index is 14.2. The van der Waals surface area contributed by atoms with E-state index in [0.29, 0.717) is 43.7 Å². The second kappa shape index (κ2) is 22.5. The first-order valence-electron chi connectivity index (χ1n) is 20.3. The highest BCUT2D eigenvalue weighted by Crippen LogP contribution is 2.36. The maximum atomic E-state index is 14.2. The average Bonchev–Trinajstić information content (AvgIpc) is 3.24. The van der Waals surface area contributed by atoms with E-state index >= 15 is 0 Å². The van der Waals surface area contributed by atoms with Crippen LogP contribution in [0, 0.1) is 11.3 Å². The predicted molar refractivity (Wildman–Crippen MR) is 245 cm³/mol. The molecule has 16 nitrogen and oxygen atoms in total. The molecule has 1 fully saturated rings. The largest absolute Gasteiger partial charge is 0.495 e. The van der Waals surface area contributed by atoms with Crippen molar-refractivity contribution in [2.24, 2.45) is 0 Å². The van der Waals surface area contributed by atoms with Gasteiger partial charge in [-0.05, 0) is 111 Å². The number of carboxylic acids is 3. The van der Waals surface area contributed by atoms with Crippen molar-refractivity contribution in [1.29, 1.82) is 5.26 Å². The molecule has 4 aromatic carbocycles. The number of ether oxygens (including phenoxy) is 1. The van der Waals surface area contributed by atoms with Crippen molar-refractivity contribution in [3.63, 3.8) is 0 Å². The molecular weight excluding hydrogens is 903 g/mol. The Kier molecular flexibility index (Phi) is 18.0. The Balaban J connectivity index is 0.000000617. The highest BCUT2D eigenvalue weighted by atomic mass is 35.5. The monoisotopic (exact) mass is 954 g/mol. The van der Waals surface area contributed by atoms with Crippen molar-refractivity contribution >= 4 is 80.2 Å². The van der Waals surface area contributed by atoms with E-state index < -0.39 is 58.7 Å². The van der Waals surface area contributed by atoms with E-state index in [2.05, 4.69) is 16.3 Å². The molecule has 2 atom stereocenters. The van der Waals surface area contributed by atoms with Gasteiger partial charge in [0.2, 0.25) is 0 Å². The zero-order valence-corrected chi connectivity index (χ0v) is 38.8. The number of carboxylic acid groups (broad SMARTS) is 3. The standard InChI is InChI=1S/C40H44Cl2N4O5S.C6H8O7/c1-40(2,49)39(48)44-30-11-12-31(35(22-30)52(5)50)25-14-17-46(18-15-25)19-16-28(26-10-13-33(41)34(42)21-26)24-45(3)38(47)36-32-9-7-6-8-27(32)20-29(23-43)37(36)51-4;7-3(8)1-6(13,5(11)12)2-4(9)10/h6-13,20-22,25,28,49H,14-19,24H2,1-5H3,(H,44,48);13H,1-2H2,(H,7,8)(H,9,10)(H,11,12)/t28-,52?;/m1./s1. The van der Waals surface area contributed by atoms with Crippen LogP contribution in [0.3, 0.4) is 0 Å². The van der Waals surface area contributed by atoms with Crippen molar-refractivity contribution < 1.29 is 58.5 Å². The summed E-state index contributed by atoms with van der Waals surface area (Å²) in [6, 6.07) is 22.5. The lowest BCUT2D eigenvalue weighted by molar-refractivity contribution is -0.170. The molecule has 4 aromatic rings. The summed E-state index contributed by atoms with van der Waals surface area (Å²) in [7, 11) is 1.97. The van der Waals surface area contributed by atoms with E-state index in [9.17, 15) is 38.6 Å². The molecule has 0 saturated carbocycles. The fraction of sp³-hybridized carbons (Fsp3) is 0.391. The van der Waals surface area contributed by atoms with Gasteiger partial charge < -0.3 is 45.4 Å². The number of carbonyl (C=O) groups excluding carboxylic acids is 2. The van der Waals surface area contributed by atoms with Crippen molar-refractivity contribution in [2.75, 3.05) is 51.9 Å². The Morgan fingerprint density at radius 3 is 2.12 bits per heavy atom. The van der Waals surface area contributed by atoms with E-state index in [4.69, 9.17) is 48.4 Å². The summed E-state index contributed by atoms with van der Waals surface area (Å²) < 4.78 is 18.4. The summed E-state index contributed by atoms with van der Waals surface area (Å²) in [5.74, 6) is -5.40. The van der Waals surface area contributed by atoms with Gasteiger partial charge in [-0.1, -0.05) is 59.6 Å². The molecule has 65 heavy (non-hydrogen) atoms. The Morgan fingerprint density at radius 1 is 0.954 bits per heavy atom. The number of amides is 2. The predicted octanol–water partition coefficient (Wildman–Crippen LogP) is 6.35. The number of likely N-dealkylation sites (tertiary alicyclic amines) is 1. The van der Waals surface area contributed by atoms with Crippen LogP contribution in [0.1, 0.15) is 84.8 Å². The van der Waals surface area contributed by atoms with Gasteiger partial charge in [-0.2, -0.15) is 5.26 Å². The first kappa shape index (κ1) is 52.0. The number of piperidine rings is 1. The number of aliphatic carboxylic acids is 3. The Bertz CT molecular complexity index is 2480. The van der Waals surface area contributed by atoms with E-state index in [1.165, 1.54) is 21.0 Å². The Labute approximate surface area is 388 Å². The van der Waals surface area contributed by atoms with Crippen molar-refractivity contribution in [1.82, 2.24) is 9.80 Å². The van der Waals surface area contributed by atoms with Crippen LogP contribution in [0.4, 0.5) is 5.69 Å². The Morgan fingerprint density at radius 2 is 1.58 bits per heavy atom. The van der Waals surface area contributed by atoms with E-state index in [-0.39, 0.29) is 23.5 Å². The summed E-state index contributed by atoms with van der Waals surface area (Å²) in [6.07, 6.45) is 1.84. The lowest BCUT2D eigenvalue weighted by Gasteiger charge is -2.34. The summed E-state index contributed by atoms with van der Waals surface area (Å²) in [5, 5.41) is 58.8. The number of nitrogens with one attached hydrogen (secondary N) is 1. The highest BCUT2D eigenvalue weighted by Gasteiger charge is 2.41. The van der Waals surface area contributed by atoms with Gasteiger partial charge in [0.1, 0.15) is 17.4 Å². The maximum Gasteiger partial charge on any atom is 0.336 e. The number of hydrogen-bond donors (Lipinski definition) is 6. The zero-order chi connectivity index (χ0) is 48.4. The van der Waals surface area contributed by atoms with Gasteiger partial charge >= 0.3 is 17.9 Å². The van der Waals surface area contributed by atoms with E-state index in [1.807, 2.05) is 42.5 Å². The van der Waals surface area contributed by atoms with Gasteiger partial charge in [-0.15, -0.1) is 0 Å². The molecule has 1 aliphatic rings. The minimum Gasteiger partial charge on any atom is -0.495 e. The first-order chi connectivity index (χ1) is 30.5. The number of nitriles is 1. The van der Waals surface area contributed by atoms with Gasteiger partial charge in [-0.3, -0.25) is 23.4 Å². The fourth-order valence-corrected chi connectivity index (χ4v) is 8.74. The van der Waals surface area contributed by atoms with Crippen LogP contribution in [-0.4, -0.2) is 127 Å². The number of likely N-dealkylation sites (N-methyl/N-ethyl adjacent to an activating group) is 1. The molecule has 1 unspecified atom stereocenters. The lowest BCUT2D eigenvalue weighted by Crippen LogP contribution is -2.42. The van der Waals surface area contributed by atoms with Crippen LogP contribution in [-0.2, 0) is 30.0 Å². The van der Waals surface area contributed by atoms with Crippen LogP contribution >= 0.6 is 23.2 Å². The third kappa shape index (κ3) is 13.7. The van der Waals surface area contributed by atoms with Crippen LogP contribution < -0.4 is 10.1 Å². The third-order valence-corrected chi connectivity index (χ3v) is 12.8. The first-order valence-corrected chi connectivity index (χ1v) is 22.6. The SMILES string of the molecule is COc1c(C#N)cc2ccccc2c1C(=O)N(C)C[C@@H](CCN1CCC(c2ccc(NC(=O)C(C)(C)O)cc2S(C)=O)CC1)c1ccc(Cl)c(Cl)c1.O=C(O)CC(O)(CC(=O)O)C(=O)O. The summed E-state index contributed by atoms with van der Waals surface area (Å²) in [6.45, 7) is 5.69. The smallest absolute Gasteiger partial charge is 0.336 e. The summed E-state index contributed by atoms with van der Waals surface area (Å²) in [4.78, 5) is 61.8. The molecule has 5 rings (SSSR count). The number of rotatable bonds is 17. The molecule has 0 aliphatic carbocycles. The molecule has 19 heteroatoms. The minimum absolute atomic E-state index is 0.0707. The third-order valence-electron chi connectivity index (χ3n) is 11.0. The fourth-order valence-electron chi connectivity index (χ4n) is 7.57. The Hall–Kier alpha value is -5.61. The van der Waals surface area contributed by atoms with Crippen LogP contribution in [0.5, 0.6) is 5.75 Å². The minimum atomic E-state index is -2.74. The van der Waals surface area contributed by atoms with Crippen LogP contribution in [0.2, 0.25) is 10.0 Å². The van der Waals surface area contributed by atoms with E-state index in [0.717, 1.165) is 55.4 Å². The molecule has 1 heterocycles. The molecule has 2 amide bonds. The molecule has 0 radical (unpaired) electrons. The van der Waals surface area contributed by atoms with Crippen molar-refractivity contribution in [2.45, 2.75) is 73.9 Å². The quantitative estimate of drug-likeness (QED) is 0.0675. The van der Waals surface area contributed by atoms with E-state index in [1.54, 1.807) is 42.5 Å². The van der Waals surface area contributed by atoms with Crippen LogP contribution in [0.25, 0.3) is 10.8 Å². The summed E-state index contributed by atoms with van der Waals surface area (Å²) in [5.41, 5.74) is -1.13. The number of hydrogen-bond acceptors (Lipinski definition) is 11. The number of benzene rings is 4. The summed E-state index contributed by atoms with van der Waals surface area (Å²) >= 11 is 12.8. The zero-order valence-electron chi connectivity index (χ0n) is 36.5. The van der Waals surface area contributed by atoms with Gasteiger partial charge in [-0.25, -0.2) is 4.79 Å². The van der Waals surface area contributed by atoms with Crippen LogP contribution in [0.15, 0.2) is 71.6 Å². The topological polar surface area (TPSA) is 255 Å². The normalized spacial score (nSPS) is 14.3. The number of aliphatic hydroxyl groups is 2. The van der Waals surface area contributed by atoms with Gasteiger partial charge in [0.25, 0.3) is 11.8 Å². The molecule has 0 bridgehead atoms. The molecule has 1 saturated heterocycles.